The van der Waals surface area contributed by atoms with Gasteiger partial charge in [-0.3, -0.25) is 0 Å². The van der Waals surface area contributed by atoms with Crippen LogP contribution >= 0.6 is 11.3 Å². The zero-order valence-corrected chi connectivity index (χ0v) is 10.7. The molecule has 1 fully saturated rings. The molecule has 0 saturated carbocycles. The molecule has 1 N–H and O–H groups in total. The zero-order chi connectivity index (χ0) is 12.3. The fourth-order valence-electron chi connectivity index (χ4n) is 2.12. The monoisotopic (exact) mass is 255 g/mol. The minimum Gasteiger partial charge on any atom is -0.450 e. The second-order valence-electron chi connectivity index (χ2n) is 4.10. The first-order valence-corrected chi connectivity index (χ1v) is 6.75. The third-order valence-corrected chi connectivity index (χ3v) is 3.92. The maximum Gasteiger partial charge on any atom is 0.410 e. The number of likely N-dealkylation sites (tertiary alicyclic amines) is 1. The molecular weight excluding hydrogens is 238 g/mol. The van der Waals surface area contributed by atoms with Crippen LogP contribution in [0.5, 0.6) is 0 Å². The van der Waals surface area contributed by atoms with Crippen LogP contribution in [0.2, 0.25) is 0 Å². The van der Waals surface area contributed by atoms with E-state index in [0.717, 1.165) is 4.88 Å². The molecule has 0 aromatic carbocycles. The molecule has 5 heteroatoms. The number of thiophene rings is 1. The predicted octanol–water partition coefficient (Wildman–Crippen LogP) is 2.40. The lowest BCUT2D eigenvalue weighted by Crippen LogP contribution is -2.42. The van der Waals surface area contributed by atoms with Crippen molar-refractivity contribution in [3.63, 3.8) is 0 Å². The summed E-state index contributed by atoms with van der Waals surface area (Å²) >= 11 is 1.61. The molecule has 17 heavy (non-hydrogen) atoms. The quantitative estimate of drug-likeness (QED) is 0.882. The molecule has 0 bridgehead atoms. The van der Waals surface area contributed by atoms with E-state index in [9.17, 15) is 9.90 Å². The molecule has 1 aliphatic rings. The molecule has 0 aliphatic carbocycles. The molecule has 2 rings (SSSR count). The number of rotatable bonds is 2. The molecular formula is C12H17NO3S. The largest absolute Gasteiger partial charge is 0.450 e. The molecule has 1 aromatic rings. The van der Waals surface area contributed by atoms with Crippen molar-refractivity contribution in [1.82, 2.24) is 4.90 Å². The first kappa shape index (κ1) is 12.4. The van der Waals surface area contributed by atoms with Gasteiger partial charge in [0, 0.05) is 11.4 Å². The molecule has 4 nitrogen and oxygen atoms in total. The van der Waals surface area contributed by atoms with E-state index in [2.05, 4.69) is 0 Å². The van der Waals surface area contributed by atoms with Gasteiger partial charge < -0.3 is 14.7 Å². The number of hydrogen-bond acceptors (Lipinski definition) is 4. The van der Waals surface area contributed by atoms with Crippen LogP contribution < -0.4 is 0 Å². The van der Waals surface area contributed by atoms with Crippen LogP contribution in [0.15, 0.2) is 17.5 Å². The van der Waals surface area contributed by atoms with Crippen molar-refractivity contribution >= 4 is 17.4 Å². The molecule has 94 valence electrons. The third-order valence-electron chi connectivity index (χ3n) is 2.95. The highest BCUT2D eigenvalue weighted by Crippen LogP contribution is 2.33. The molecule has 1 aliphatic heterocycles. The lowest BCUT2D eigenvalue weighted by molar-refractivity contribution is 0.0312. The van der Waals surface area contributed by atoms with E-state index in [1.165, 1.54) is 0 Å². The van der Waals surface area contributed by atoms with Crippen molar-refractivity contribution in [1.29, 1.82) is 0 Å². The highest BCUT2D eigenvalue weighted by atomic mass is 32.1. The van der Waals surface area contributed by atoms with Gasteiger partial charge in [-0.2, -0.15) is 0 Å². The van der Waals surface area contributed by atoms with Gasteiger partial charge in [-0.1, -0.05) is 6.07 Å². The summed E-state index contributed by atoms with van der Waals surface area (Å²) in [5, 5.41) is 11.7. The third kappa shape index (κ3) is 2.79. The van der Waals surface area contributed by atoms with E-state index in [1.807, 2.05) is 17.5 Å². The number of aliphatic hydroxyl groups excluding tert-OH is 1. The summed E-state index contributed by atoms with van der Waals surface area (Å²) in [6.45, 7) is 2.74. The molecule has 2 heterocycles. The summed E-state index contributed by atoms with van der Waals surface area (Å²) in [6, 6.07) is 3.92. The van der Waals surface area contributed by atoms with Gasteiger partial charge in [0.15, 0.2) is 0 Å². The summed E-state index contributed by atoms with van der Waals surface area (Å²) in [6.07, 6.45) is 0.616. The fraction of sp³-hybridized carbons (Fsp3) is 0.583. The smallest absolute Gasteiger partial charge is 0.410 e. The number of aliphatic hydroxyl groups is 1. The topological polar surface area (TPSA) is 49.8 Å². The lowest BCUT2D eigenvalue weighted by atomic mass is 9.99. The SMILES string of the molecule is CCOC(=O)N1CCC(O)CC1c1cccs1. The Morgan fingerprint density at radius 3 is 3.18 bits per heavy atom. The zero-order valence-electron chi connectivity index (χ0n) is 9.83. The standard InChI is InChI=1S/C12H17NO3S/c1-2-16-12(15)13-6-5-9(14)8-10(13)11-4-3-7-17-11/h3-4,7,9-10,14H,2,5-6,8H2,1H3. The van der Waals surface area contributed by atoms with Crippen LogP contribution in [0.3, 0.4) is 0 Å². The normalized spacial score (nSPS) is 24.7. The van der Waals surface area contributed by atoms with E-state index in [-0.39, 0.29) is 18.2 Å². The van der Waals surface area contributed by atoms with Crippen LogP contribution in [0.25, 0.3) is 0 Å². The summed E-state index contributed by atoms with van der Waals surface area (Å²) in [5.41, 5.74) is 0. The Kier molecular flexibility index (Phi) is 4.02. The Hall–Kier alpha value is -1.07. The highest BCUT2D eigenvalue weighted by Gasteiger charge is 2.33. The fourth-order valence-corrected chi connectivity index (χ4v) is 2.97. The van der Waals surface area contributed by atoms with Gasteiger partial charge in [0.1, 0.15) is 0 Å². The number of amides is 1. The van der Waals surface area contributed by atoms with Crippen molar-refractivity contribution in [3.8, 4) is 0 Å². The van der Waals surface area contributed by atoms with E-state index >= 15 is 0 Å². The Bertz CT molecular complexity index is 366. The number of carbonyl (C=O) groups excluding carboxylic acids is 1. The first-order chi connectivity index (χ1) is 8.22. The minimum absolute atomic E-state index is 0.0437. The molecule has 0 spiro atoms. The Labute approximate surface area is 105 Å². The number of piperidine rings is 1. The van der Waals surface area contributed by atoms with Crippen LogP contribution in [-0.2, 0) is 4.74 Å². The maximum absolute atomic E-state index is 11.8. The molecule has 2 unspecified atom stereocenters. The van der Waals surface area contributed by atoms with Crippen molar-refractivity contribution in [2.24, 2.45) is 0 Å². The first-order valence-electron chi connectivity index (χ1n) is 5.87. The summed E-state index contributed by atoms with van der Waals surface area (Å²) in [4.78, 5) is 14.7. The molecule has 1 amide bonds. The van der Waals surface area contributed by atoms with Gasteiger partial charge in [-0.05, 0) is 31.2 Å². The van der Waals surface area contributed by atoms with Crippen molar-refractivity contribution in [3.05, 3.63) is 22.4 Å². The predicted molar refractivity (Wildman–Crippen MR) is 66.0 cm³/mol. The second kappa shape index (κ2) is 5.51. The van der Waals surface area contributed by atoms with E-state index in [1.54, 1.807) is 23.2 Å². The van der Waals surface area contributed by atoms with Gasteiger partial charge in [-0.15, -0.1) is 11.3 Å². The van der Waals surface area contributed by atoms with Crippen molar-refractivity contribution < 1.29 is 14.6 Å². The second-order valence-corrected chi connectivity index (χ2v) is 5.08. The van der Waals surface area contributed by atoms with Crippen LogP contribution in [0, 0.1) is 0 Å². The van der Waals surface area contributed by atoms with Crippen LogP contribution in [0.1, 0.15) is 30.7 Å². The summed E-state index contributed by atoms with van der Waals surface area (Å²) < 4.78 is 5.05. The van der Waals surface area contributed by atoms with E-state index < -0.39 is 0 Å². The summed E-state index contributed by atoms with van der Waals surface area (Å²) in [5.74, 6) is 0. The average molecular weight is 255 g/mol. The number of hydrogen-bond donors (Lipinski definition) is 1. The van der Waals surface area contributed by atoms with Gasteiger partial charge in [-0.25, -0.2) is 4.79 Å². The van der Waals surface area contributed by atoms with E-state index in [0.29, 0.717) is 26.0 Å². The maximum atomic E-state index is 11.8. The van der Waals surface area contributed by atoms with Crippen molar-refractivity contribution in [2.75, 3.05) is 13.2 Å². The Balaban J connectivity index is 2.14. The van der Waals surface area contributed by atoms with Gasteiger partial charge in [0.2, 0.25) is 0 Å². The number of nitrogens with zero attached hydrogens (tertiary/aromatic N) is 1. The molecule has 2 atom stereocenters. The van der Waals surface area contributed by atoms with Crippen molar-refractivity contribution in [2.45, 2.75) is 31.9 Å². The minimum atomic E-state index is -0.326. The molecule has 1 aromatic heterocycles. The van der Waals surface area contributed by atoms with Crippen LogP contribution in [-0.4, -0.2) is 35.4 Å². The van der Waals surface area contributed by atoms with Gasteiger partial charge in [0.05, 0.1) is 18.8 Å². The summed E-state index contributed by atoms with van der Waals surface area (Å²) in [7, 11) is 0. The van der Waals surface area contributed by atoms with Gasteiger partial charge >= 0.3 is 6.09 Å². The number of carbonyl (C=O) groups is 1. The van der Waals surface area contributed by atoms with Gasteiger partial charge in [0.25, 0.3) is 0 Å². The lowest BCUT2D eigenvalue weighted by Gasteiger charge is -2.36. The van der Waals surface area contributed by atoms with E-state index in [4.69, 9.17) is 4.74 Å². The molecule has 0 radical (unpaired) electrons. The highest BCUT2D eigenvalue weighted by molar-refractivity contribution is 7.10. The molecule has 1 saturated heterocycles. The van der Waals surface area contributed by atoms with Crippen LogP contribution in [0.4, 0.5) is 4.79 Å². The average Bonchev–Trinajstić information content (AvgIpc) is 2.82. The number of ether oxygens (including phenoxy) is 1. The Morgan fingerprint density at radius 1 is 1.71 bits per heavy atom. The Morgan fingerprint density at radius 2 is 2.53 bits per heavy atom.